The zero-order valence-electron chi connectivity index (χ0n) is 15.6. The molecule has 0 aliphatic heterocycles. The summed E-state index contributed by atoms with van der Waals surface area (Å²) in [6, 6.07) is 12.9. The molecule has 2 aromatic heterocycles. The summed E-state index contributed by atoms with van der Waals surface area (Å²) in [5.41, 5.74) is 1.09. The van der Waals surface area contributed by atoms with Gasteiger partial charge in [0.15, 0.2) is 11.5 Å². The predicted octanol–water partition coefficient (Wildman–Crippen LogP) is 5.42. The normalized spacial score (nSPS) is 11.1. The molecule has 6 heteroatoms. The van der Waals surface area contributed by atoms with E-state index in [4.69, 9.17) is 13.9 Å². The Bertz CT molecular complexity index is 1030. The van der Waals surface area contributed by atoms with Crippen molar-refractivity contribution in [1.29, 1.82) is 5.26 Å². The van der Waals surface area contributed by atoms with Gasteiger partial charge < -0.3 is 13.9 Å². The van der Waals surface area contributed by atoms with Crippen LogP contribution in [0.3, 0.4) is 0 Å². The molecular weight excluding hydrogens is 374 g/mol. The van der Waals surface area contributed by atoms with Gasteiger partial charge in [0.25, 0.3) is 0 Å². The molecule has 0 N–H and O–H groups in total. The van der Waals surface area contributed by atoms with Gasteiger partial charge in [-0.25, -0.2) is 0 Å². The number of carbonyl (C=O) groups is 1. The van der Waals surface area contributed by atoms with Crippen LogP contribution in [0.15, 0.2) is 58.0 Å². The van der Waals surface area contributed by atoms with Crippen LogP contribution in [-0.4, -0.2) is 12.4 Å². The molecule has 2 heterocycles. The van der Waals surface area contributed by atoms with E-state index in [0.717, 1.165) is 4.88 Å². The lowest BCUT2D eigenvalue weighted by molar-refractivity contribution is 0.103. The van der Waals surface area contributed by atoms with Crippen LogP contribution in [0.4, 0.5) is 0 Å². The van der Waals surface area contributed by atoms with Crippen molar-refractivity contribution >= 4 is 23.2 Å². The number of rotatable bonds is 8. The van der Waals surface area contributed by atoms with Crippen molar-refractivity contribution in [3.63, 3.8) is 0 Å². The molecule has 0 amide bonds. The second-order valence-corrected chi connectivity index (χ2v) is 6.93. The van der Waals surface area contributed by atoms with Gasteiger partial charge in [-0.2, -0.15) is 5.26 Å². The van der Waals surface area contributed by atoms with Gasteiger partial charge >= 0.3 is 0 Å². The number of nitriles is 1. The molecule has 0 atom stereocenters. The fourth-order valence-electron chi connectivity index (χ4n) is 2.63. The molecule has 5 nitrogen and oxygen atoms in total. The van der Waals surface area contributed by atoms with E-state index in [1.54, 1.807) is 48.6 Å². The number of Topliss-reactive ketones (excluding diaryl/α,β-unsaturated/α-hetero) is 1. The van der Waals surface area contributed by atoms with Crippen LogP contribution in [0.25, 0.3) is 6.08 Å². The van der Waals surface area contributed by atoms with E-state index >= 15 is 0 Å². The van der Waals surface area contributed by atoms with Gasteiger partial charge in [-0.15, -0.1) is 11.3 Å². The Balaban J connectivity index is 1.85. The zero-order chi connectivity index (χ0) is 19.9. The summed E-state index contributed by atoms with van der Waals surface area (Å²) in [5, 5.41) is 11.4. The van der Waals surface area contributed by atoms with E-state index in [9.17, 15) is 10.1 Å². The number of furan rings is 1. The van der Waals surface area contributed by atoms with Crippen molar-refractivity contribution in [2.24, 2.45) is 0 Å². The second kappa shape index (κ2) is 9.07. The number of benzene rings is 1. The third-order valence-corrected chi connectivity index (χ3v) is 4.85. The lowest BCUT2D eigenvalue weighted by atomic mass is 10.0. The van der Waals surface area contributed by atoms with Crippen molar-refractivity contribution in [3.8, 4) is 17.6 Å². The van der Waals surface area contributed by atoms with Crippen LogP contribution in [0.2, 0.25) is 0 Å². The van der Waals surface area contributed by atoms with E-state index in [0.29, 0.717) is 41.6 Å². The molecule has 0 spiro atoms. The summed E-state index contributed by atoms with van der Waals surface area (Å²) in [5.74, 6) is 1.29. The summed E-state index contributed by atoms with van der Waals surface area (Å²) in [7, 11) is 0. The Kier molecular flexibility index (Phi) is 6.30. The van der Waals surface area contributed by atoms with Gasteiger partial charge in [-0.3, -0.25) is 4.79 Å². The smallest absolute Gasteiger partial charge is 0.207 e. The van der Waals surface area contributed by atoms with E-state index in [1.165, 1.54) is 6.26 Å². The molecule has 0 saturated heterocycles. The monoisotopic (exact) mass is 393 g/mol. The molecule has 3 aromatic rings. The topological polar surface area (TPSA) is 72.5 Å². The second-order valence-electron chi connectivity index (χ2n) is 5.90. The summed E-state index contributed by atoms with van der Waals surface area (Å²) in [6.45, 7) is 4.50. The summed E-state index contributed by atoms with van der Waals surface area (Å²) in [6.07, 6.45) is 2.98. The standard InChI is InChI=1S/C22H19NO4S/c1-3-25-21-12-16(6-7-20(21)27-14-18-5-4-10-28-18)11-17(13-23)22(24)19-8-9-26-15(19)2/h4-12H,3,14H2,1-2H3/b17-11+. The van der Waals surface area contributed by atoms with Gasteiger partial charge in [0.05, 0.1) is 18.4 Å². The van der Waals surface area contributed by atoms with Crippen molar-refractivity contribution in [1.82, 2.24) is 0 Å². The number of ketones is 1. The molecule has 0 unspecified atom stereocenters. The molecule has 3 rings (SSSR count). The largest absolute Gasteiger partial charge is 0.490 e. The molecular formula is C22H19NO4S. The van der Waals surface area contributed by atoms with E-state index in [2.05, 4.69) is 0 Å². The molecule has 0 fully saturated rings. The van der Waals surface area contributed by atoms with Gasteiger partial charge in [-0.05, 0) is 55.1 Å². The number of nitrogens with zero attached hydrogens (tertiary/aromatic N) is 1. The Morgan fingerprint density at radius 2 is 2.11 bits per heavy atom. The van der Waals surface area contributed by atoms with Crippen LogP contribution in [0.5, 0.6) is 11.5 Å². The first-order valence-electron chi connectivity index (χ1n) is 8.75. The minimum absolute atomic E-state index is 0.0270. The molecule has 0 radical (unpaired) electrons. The summed E-state index contributed by atoms with van der Waals surface area (Å²) >= 11 is 1.62. The fourth-order valence-corrected chi connectivity index (χ4v) is 3.24. The maximum atomic E-state index is 12.6. The number of allylic oxidation sites excluding steroid dienone is 1. The predicted molar refractivity (Wildman–Crippen MR) is 108 cm³/mol. The Morgan fingerprint density at radius 1 is 1.25 bits per heavy atom. The lowest BCUT2D eigenvalue weighted by Crippen LogP contribution is -2.02. The van der Waals surface area contributed by atoms with Gasteiger partial charge in [0.2, 0.25) is 5.78 Å². The van der Waals surface area contributed by atoms with Gasteiger partial charge in [-0.1, -0.05) is 12.1 Å². The quantitative estimate of drug-likeness (QED) is 0.290. The molecule has 28 heavy (non-hydrogen) atoms. The first kappa shape index (κ1) is 19.5. The average molecular weight is 393 g/mol. The number of thiophene rings is 1. The molecule has 0 aliphatic carbocycles. The fraction of sp³-hybridized carbons (Fsp3) is 0.182. The van der Waals surface area contributed by atoms with Crippen molar-refractivity contribution in [2.75, 3.05) is 6.61 Å². The number of aryl methyl sites for hydroxylation is 1. The average Bonchev–Trinajstić information content (AvgIpc) is 3.36. The van der Waals surface area contributed by atoms with Crippen molar-refractivity contribution in [2.45, 2.75) is 20.5 Å². The van der Waals surface area contributed by atoms with Crippen LogP contribution in [0, 0.1) is 18.3 Å². The number of hydrogen-bond acceptors (Lipinski definition) is 6. The molecule has 142 valence electrons. The van der Waals surface area contributed by atoms with Gasteiger partial charge in [0, 0.05) is 4.88 Å². The zero-order valence-corrected chi connectivity index (χ0v) is 16.4. The van der Waals surface area contributed by atoms with Crippen LogP contribution in [-0.2, 0) is 6.61 Å². The highest BCUT2D eigenvalue weighted by molar-refractivity contribution is 7.09. The minimum Gasteiger partial charge on any atom is -0.490 e. The van der Waals surface area contributed by atoms with Crippen LogP contribution >= 0.6 is 11.3 Å². The van der Waals surface area contributed by atoms with Crippen molar-refractivity contribution in [3.05, 3.63) is 75.4 Å². The third kappa shape index (κ3) is 4.51. The van der Waals surface area contributed by atoms with Crippen LogP contribution < -0.4 is 9.47 Å². The van der Waals surface area contributed by atoms with Gasteiger partial charge in [0.1, 0.15) is 24.0 Å². The highest BCUT2D eigenvalue weighted by Gasteiger charge is 2.17. The summed E-state index contributed by atoms with van der Waals surface area (Å²) in [4.78, 5) is 13.7. The Hall–Kier alpha value is -3.30. The highest BCUT2D eigenvalue weighted by atomic mass is 32.1. The maximum absolute atomic E-state index is 12.6. The molecule has 1 aromatic carbocycles. The van der Waals surface area contributed by atoms with Crippen molar-refractivity contribution < 1.29 is 18.7 Å². The van der Waals surface area contributed by atoms with E-state index in [-0.39, 0.29) is 11.4 Å². The molecule has 0 aliphatic rings. The first-order valence-corrected chi connectivity index (χ1v) is 9.63. The number of carbonyl (C=O) groups excluding carboxylic acids is 1. The third-order valence-electron chi connectivity index (χ3n) is 4.00. The SMILES string of the molecule is CCOc1cc(/C=C(\C#N)C(=O)c2ccoc2C)ccc1OCc1cccs1. The minimum atomic E-state index is -0.371. The summed E-state index contributed by atoms with van der Waals surface area (Å²) < 4.78 is 16.7. The van der Waals surface area contributed by atoms with E-state index in [1.807, 2.05) is 30.5 Å². The lowest BCUT2D eigenvalue weighted by Gasteiger charge is -2.12. The van der Waals surface area contributed by atoms with Crippen LogP contribution in [0.1, 0.15) is 33.5 Å². The number of ether oxygens (including phenoxy) is 2. The number of hydrogen-bond donors (Lipinski definition) is 0. The Labute approximate surface area is 167 Å². The Morgan fingerprint density at radius 3 is 2.75 bits per heavy atom. The first-order chi connectivity index (χ1) is 13.6. The maximum Gasteiger partial charge on any atom is 0.207 e. The van der Waals surface area contributed by atoms with E-state index < -0.39 is 0 Å². The molecule has 0 saturated carbocycles. The molecule has 0 bridgehead atoms. The highest BCUT2D eigenvalue weighted by Crippen LogP contribution is 2.31.